The Hall–Kier alpha value is -1.39. The topological polar surface area (TPSA) is 69.8 Å². The van der Waals surface area contributed by atoms with Gasteiger partial charge >= 0.3 is 0 Å². The first-order valence-electron chi connectivity index (χ1n) is 3.69. The molecule has 0 atom stereocenters. The zero-order valence-corrected chi connectivity index (χ0v) is 7.24. The minimum absolute atomic E-state index is 0.0856. The Labute approximate surface area is 71.0 Å². The Bertz CT molecular complexity index is 237. The van der Waals surface area contributed by atoms with Crippen molar-refractivity contribution in [2.24, 2.45) is 5.73 Å². The lowest BCUT2D eigenvalue weighted by Crippen LogP contribution is -2.31. The molecule has 0 aliphatic carbocycles. The summed E-state index contributed by atoms with van der Waals surface area (Å²) in [4.78, 5) is 14.3. The summed E-state index contributed by atoms with van der Waals surface area (Å²) < 4.78 is 0. The SMILES string of the molecule is CN1CCN(C)C(O)=C(N)C1=O. The second-order valence-corrected chi connectivity index (χ2v) is 2.89. The van der Waals surface area contributed by atoms with E-state index in [-0.39, 0.29) is 17.5 Å². The summed E-state index contributed by atoms with van der Waals surface area (Å²) in [7, 11) is 3.34. The number of carbonyl (C=O) groups is 1. The Morgan fingerprint density at radius 3 is 2.42 bits per heavy atom. The number of nitrogens with zero attached hydrogens (tertiary/aromatic N) is 2. The van der Waals surface area contributed by atoms with Crippen LogP contribution in [-0.4, -0.2) is 48.0 Å². The highest BCUT2D eigenvalue weighted by Gasteiger charge is 2.22. The molecular weight excluding hydrogens is 158 g/mol. The molecule has 1 rings (SSSR count). The van der Waals surface area contributed by atoms with Crippen LogP contribution in [0.25, 0.3) is 0 Å². The third-order valence-electron chi connectivity index (χ3n) is 1.95. The van der Waals surface area contributed by atoms with Gasteiger partial charge in [-0.15, -0.1) is 0 Å². The van der Waals surface area contributed by atoms with Crippen molar-refractivity contribution < 1.29 is 9.90 Å². The molecule has 1 aliphatic rings. The first-order valence-corrected chi connectivity index (χ1v) is 3.69. The number of hydrogen-bond donors (Lipinski definition) is 2. The van der Waals surface area contributed by atoms with Crippen LogP contribution in [0.1, 0.15) is 0 Å². The van der Waals surface area contributed by atoms with Gasteiger partial charge in [0.15, 0.2) is 5.70 Å². The normalized spacial score (nSPS) is 20.0. The van der Waals surface area contributed by atoms with E-state index in [0.29, 0.717) is 13.1 Å². The van der Waals surface area contributed by atoms with E-state index in [2.05, 4.69) is 0 Å². The molecule has 3 N–H and O–H groups in total. The number of hydrogen-bond acceptors (Lipinski definition) is 4. The van der Waals surface area contributed by atoms with Crippen LogP contribution >= 0.6 is 0 Å². The third kappa shape index (κ3) is 1.30. The van der Waals surface area contributed by atoms with Gasteiger partial charge in [-0.25, -0.2) is 0 Å². The molecule has 0 aromatic heterocycles. The summed E-state index contributed by atoms with van der Waals surface area (Å²) in [6, 6.07) is 0. The van der Waals surface area contributed by atoms with Crippen molar-refractivity contribution in [3.63, 3.8) is 0 Å². The fourth-order valence-electron chi connectivity index (χ4n) is 1.01. The molecule has 0 bridgehead atoms. The Morgan fingerprint density at radius 1 is 1.33 bits per heavy atom. The van der Waals surface area contributed by atoms with Gasteiger partial charge in [0.05, 0.1) is 0 Å². The second-order valence-electron chi connectivity index (χ2n) is 2.89. The van der Waals surface area contributed by atoms with Gasteiger partial charge in [-0.05, 0) is 0 Å². The van der Waals surface area contributed by atoms with Crippen LogP contribution in [0.3, 0.4) is 0 Å². The molecule has 1 aliphatic heterocycles. The number of rotatable bonds is 0. The van der Waals surface area contributed by atoms with E-state index in [0.717, 1.165) is 0 Å². The molecule has 1 heterocycles. The van der Waals surface area contributed by atoms with Gasteiger partial charge in [-0.1, -0.05) is 0 Å². The summed E-state index contributed by atoms with van der Waals surface area (Å²) in [6.45, 7) is 1.16. The van der Waals surface area contributed by atoms with E-state index >= 15 is 0 Å². The highest BCUT2D eigenvalue weighted by Crippen LogP contribution is 2.07. The first-order chi connectivity index (χ1) is 5.54. The lowest BCUT2D eigenvalue weighted by molar-refractivity contribution is -0.125. The summed E-state index contributed by atoms with van der Waals surface area (Å²) in [5.41, 5.74) is 5.31. The van der Waals surface area contributed by atoms with E-state index in [1.54, 1.807) is 19.0 Å². The fourth-order valence-corrected chi connectivity index (χ4v) is 1.01. The first kappa shape index (κ1) is 8.70. The number of carbonyl (C=O) groups excluding carboxylic acids is 1. The summed E-state index contributed by atoms with van der Waals surface area (Å²) in [5.74, 6) is -0.457. The average Bonchev–Trinajstić information content (AvgIpc) is 2.14. The van der Waals surface area contributed by atoms with Crippen molar-refractivity contribution in [3.05, 3.63) is 11.6 Å². The predicted molar refractivity (Wildman–Crippen MR) is 44.1 cm³/mol. The van der Waals surface area contributed by atoms with E-state index in [9.17, 15) is 9.90 Å². The molecule has 0 fully saturated rings. The summed E-state index contributed by atoms with van der Waals surface area (Å²) >= 11 is 0. The number of nitrogens with two attached hydrogens (primary N) is 1. The standard InChI is InChI=1S/C7H13N3O2/c1-9-3-4-10(2)7(12)5(8)6(9)11/h11H,3-4,8H2,1-2H3. The van der Waals surface area contributed by atoms with Crippen molar-refractivity contribution in [1.82, 2.24) is 9.80 Å². The maximum atomic E-state index is 11.3. The molecule has 0 spiro atoms. The van der Waals surface area contributed by atoms with Crippen LogP contribution in [0.2, 0.25) is 0 Å². The number of likely N-dealkylation sites (N-methyl/N-ethyl adjacent to an activating group) is 2. The quantitative estimate of drug-likeness (QED) is 0.494. The van der Waals surface area contributed by atoms with Gasteiger partial charge in [-0.3, -0.25) is 4.79 Å². The zero-order valence-electron chi connectivity index (χ0n) is 7.24. The lowest BCUT2D eigenvalue weighted by Gasteiger charge is -2.16. The van der Waals surface area contributed by atoms with E-state index in [1.165, 1.54) is 4.90 Å². The van der Waals surface area contributed by atoms with Crippen molar-refractivity contribution in [1.29, 1.82) is 0 Å². The van der Waals surface area contributed by atoms with Gasteiger partial charge in [0.2, 0.25) is 5.88 Å². The number of amides is 1. The molecule has 0 unspecified atom stereocenters. The van der Waals surface area contributed by atoms with Crippen LogP contribution < -0.4 is 5.73 Å². The third-order valence-corrected chi connectivity index (χ3v) is 1.95. The van der Waals surface area contributed by atoms with Crippen LogP contribution in [0, 0.1) is 0 Å². The highest BCUT2D eigenvalue weighted by molar-refractivity contribution is 5.92. The molecule has 5 heteroatoms. The van der Waals surface area contributed by atoms with Gasteiger partial charge in [0.1, 0.15) is 0 Å². The average molecular weight is 171 g/mol. The minimum atomic E-state index is -0.322. The van der Waals surface area contributed by atoms with E-state index in [1.807, 2.05) is 0 Å². The maximum absolute atomic E-state index is 11.3. The largest absolute Gasteiger partial charge is 0.493 e. The van der Waals surface area contributed by atoms with Gasteiger partial charge in [-0.2, -0.15) is 0 Å². The van der Waals surface area contributed by atoms with Crippen molar-refractivity contribution in [3.8, 4) is 0 Å². The van der Waals surface area contributed by atoms with Crippen molar-refractivity contribution in [2.75, 3.05) is 27.2 Å². The van der Waals surface area contributed by atoms with Crippen LogP contribution in [-0.2, 0) is 4.79 Å². The maximum Gasteiger partial charge on any atom is 0.275 e. The Balaban J connectivity index is 2.97. The number of aliphatic hydroxyl groups excluding tert-OH is 1. The molecule has 5 nitrogen and oxygen atoms in total. The molecule has 0 saturated carbocycles. The smallest absolute Gasteiger partial charge is 0.275 e. The van der Waals surface area contributed by atoms with E-state index in [4.69, 9.17) is 5.73 Å². The minimum Gasteiger partial charge on any atom is -0.493 e. The zero-order chi connectivity index (χ0) is 9.30. The summed E-state index contributed by atoms with van der Waals surface area (Å²) in [6.07, 6.45) is 0. The van der Waals surface area contributed by atoms with Gasteiger partial charge in [0, 0.05) is 27.2 Å². The lowest BCUT2D eigenvalue weighted by atomic mass is 10.4. The summed E-state index contributed by atoms with van der Waals surface area (Å²) in [5, 5.41) is 9.35. The molecule has 12 heavy (non-hydrogen) atoms. The molecule has 0 radical (unpaired) electrons. The van der Waals surface area contributed by atoms with Gasteiger partial charge in [0.25, 0.3) is 5.91 Å². The predicted octanol–water partition coefficient (Wildman–Crippen LogP) is -0.924. The number of aliphatic hydroxyl groups is 1. The highest BCUT2D eigenvalue weighted by atomic mass is 16.3. The molecule has 0 saturated heterocycles. The van der Waals surface area contributed by atoms with Crippen LogP contribution in [0.15, 0.2) is 11.6 Å². The second kappa shape index (κ2) is 2.92. The van der Waals surface area contributed by atoms with E-state index < -0.39 is 0 Å². The molecule has 0 aromatic carbocycles. The van der Waals surface area contributed by atoms with Crippen LogP contribution in [0.5, 0.6) is 0 Å². The van der Waals surface area contributed by atoms with Crippen LogP contribution in [0.4, 0.5) is 0 Å². The molecule has 0 aromatic rings. The fraction of sp³-hybridized carbons (Fsp3) is 0.571. The van der Waals surface area contributed by atoms with Crippen molar-refractivity contribution >= 4 is 5.91 Å². The monoisotopic (exact) mass is 171 g/mol. The van der Waals surface area contributed by atoms with Gasteiger partial charge < -0.3 is 20.6 Å². The molecule has 1 amide bonds. The Morgan fingerprint density at radius 2 is 1.83 bits per heavy atom. The van der Waals surface area contributed by atoms with Crippen molar-refractivity contribution in [2.45, 2.75) is 0 Å². The molecular formula is C7H13N3O2. The Kier molecular flexibility index (Phi) is 2.12. The molecule has 68 valence electrons.